The molecule has 0 atom stereocenters. The van der Waals surface area contributed by atoms with Gasteiger partial charge in [-0.15, -0.1) is 16.4 Å². The van der Waals surface area contributed by atoms with Gasteiger partial charge in [0.1, 0.15) is 5.82 Å². The second-order valence-electron chi connectivity index (χ2n) is 4.29. The van der Waals surface area contributed by atoms with Crippen LogP contribution >= 0.6 is 23.1 Å². The summed E-state index contributed by atoms with van der Waals surface area (Å²) in [5.74, 6) is 1.45. The van der Waals surface area contributed by atoms with Gasteiger partial charge in [0.05, 0.1) is 5.69 Å². The molecule has 0 fully saturated rings. The highest BCUT2D eigenvalue weighted by Crippen LogP contribution is 2.19. The van der Waals surface area contributed by atoms with Crippen LogP contribution < -0.4 is 5.56 Å². The SMILES string of the molecule is CCc1nc(SCc2cc(=O)n3c(C)csc3n2)n[nH]1. The van der Waals surface area contributed by atoms with Crippen LogP contribution in [0.4, 0.5) is 0 Å². The van der Waals surface area contributed by atoms with Crippen molar-refractivity contribution in [2.24, 2.45) is 0 Å². The van der Waals surface area contributed by atoms with E-state index in [4.69, 9.17) is 0 Å². The number of aryl methyl sites for hydroxylation is 2. The lowest BCUT2D eigenvalue weighted by Crippen LogP contribution is -2.14. The van der Waals surface area contributed by atoms with Crippen LogP contribution in [0.15, 0.2) is 21.4 Å². The van der Waals surface area contributed by atoms with Crippen LogP contribution in [0.1, 0.15) is 24.1 Å². The predicted molar refractivity (Wildman–Crippen MR) is 79.4 cm³/mol. The first-order valence-corrected chi connectivity index (χ1v) is 8.04. The Morgan fingerprint density at radius 3 is 3.05 bits per heavy atom. The minimum atomic E-state index is -0.0337. The number of thioether (sulfide) groups is 1. The molecule has 3 heterocycles. The molecule has 0 unspecified atom stereocenters. The first-order chi connectivity index (χ1) is 9.67. The number of aromatic amines is 1. The van der Waals surface area contributed by atoms with Gasteiger partial charge < -0.3 is 0 Å². The van der Waals surface area contributed by atoms with Gasteiger partial charge in [0.15, 0.2) is 4.96 Å². The second kappa shape index (κ2) is 5.37. The maximum Gasteiger partial charge on any atom is 0.258 e. The highest BCUT2D eigenvalue weighted by molar-refractivity contribution is 7.98. The quantitative estimate of drug-likeness (QED) is 0.746. The van der Waals surface area contributed by atoms with E-state index in [0.717, 1.165) is 28.6 Å². The number of aromatic nitrogens is 5. The van der Waals surface area contributed by atoms with E-state index in [-0.39, 0.29) is 5.56 Å². The highest BCUT2D eigenvalue weighted by atomic mass is 32.2. The molecule has 1 N–H and O–H groups in total. The second-order valence-corrected chi connectivity index (χ2v) is 6.07. The van der Waals surface area contributed by atoms with Crippen molar-refractivity contribution in [2.45, 2.75) is 31.2 Å². The van der Waals surface area contributed by atoms with Crippen molar-refractivity contribution in [3.8, 4) is 0 Å². The molecule has 20 heavy (non-hydrogen) atoms. The van der Waals surface area contributed by atoms with Gasteiger partial charge in [0.25, 0.3) is 5.56 Å². The molecule has 104 valence electrons. The Balaban J connectivity index is 1.82. The molecular weight excluding hydrogens is 294 g/mol. The lowest BCUT2D eigenvalue weighted by atomic mass is 10.4. The molecule has 0 radical (unpaired) electrons. The first-order valence-electron chi connectivity index (χ1n) is 6.18. The van der Waals surface area contributed by atoms with Crippen LogP contribution in [0.2, 0.25) is 0 Å². The maximum absolute atomic E-state index is 12.0. The smallest absolute Gasteiger partial charge is 0.258 e. The number of nitrogens with one attached hydrogen (secondary N) is 1. The molecule has 0 aliphatic heterocycles. The zero-order valence-electron chi connectivity index (χ0n) is 11.1. The van der Waals surface area contributed by atoms with Gasteiger partial charge in [-0.25, -0.2) is 9.97 Å². The molecule has 0 spiro atoms. The normalized spacial score (nSPS) is 11.3. The summed E-state index contributed by atoms with van der Waals surface area (Å²) in [6.45, 7) is 3.92. The van der Waals surface area contributed by atoms with E-state index in [1.165, 1.54) is 23.1 Å². The van der Waals surface area contributed by atoms with Crippen LogP contribution in [0.3, 0.4) is 0 Å². The summed E-state index contributed by atoms with van der Waals surface area (Å²) in [7, 11) is 0. The van der Waals surface area contributed by atoms with Crippen molar-refractivity contribution in [1.82, 2.24) is 24.6 Å². The Morgan fingerprint density at radius 2 is 2.30 bits per heavy atom. The average molecular weight is 307 g/mol. The molecule has 3 rings (SSSR count). The Kier molecular flexibility index (Phi) is 3.58. The molecular formula is C12H13N5OS2. The predicted octanol–water partition coefficient (Wildman–Crippen LogP) is 2.04. The third kappa shape index (κ3) is 2.48. The van der Waals surface area contributed by atoms with Crippen molar-refractivity contribution in [3.05, 3.63) is 39.0 Å². The fourth-order valence-electron chi connectivity index (χ4n) is 1.81. The zero-order chi connectivity index (χ0) is 14.1. The Morgan fingerprint density at radius 1 is 1.45 bits per heavy atom. The molecule has 0 bridgehead atoms. The summed E-state index contributed by atoms with van der Waals surface area (Å²) in [6, 6.07) is 1.58. The monoisotopic (exact) mass is 307 g/mol. The Labute approximate surface area is 123 Å². The lowest BCUT2D eigenvalue weighted by Gasteiger charge is -1.99. The number of fused-ring (bicyclic) bond motifs is 1. The van der Waals surface area contributed by atoms with E-state index in [1.54, 1.807) is 10.5 Å². The molecule has 0 aromatic carbocycles. The zero-order valence-corrected chi connectivity index (χ0v) is 12.7. The van der Waals surface area contributed by atoms with E-state index >= 15 is 0 Å². The van der Waals surface area contributed by atoms with E-state index in [2.05, 4.69) is 20.2 Å². The summed E-state index contributed by atoms with van der Waals surface area (Å²) >= 11 is 2.95. The number of thiazole rings is 1. The summed E-state index contributed by atoms with van der Waals surface area (Å²) in [5.41, 5.74) is 1.64. The molecule has 0 saturated carbocycles. The van der Waals surface area contributed by atoms with E-state index < -0.39 is 0 Å². The van der Waals surface area contributed by atoms with Crippen molar-refractivity contribution in [2.75, 3.05) is 0 Å². The molecule has 3 aromatic heterocycles. The fourth-order valence-corrected chi connectivity index (χ4v) is 3.41. The lowest BCUT2D eigenvalue weighted by molar-refractivity contribution is 0.941. The molecule has 0 saturated heterocycles. The summed E-state index contributed by atoms with van der Waals surface area (Å²) in [6.07, 6.45) is 0.827. The van der Waals surface area contributed by atoms with Crippen LogP contribution in [0.25, 0.3) is 4.96 Å². The van der Waals surface area contributed by atoms with E-state index in [9.17, 15) is 4.79 Å². The van der Waals surface area contributed by atoms with Crippen LogP contribution in [0, 0.1) is 6.92 Å². The number of hydrogen-bond acceptors (Lipinski definition) is 6. The topological polar surface area (TPSA) is 75.9 Å². The highest BCUT2D eigenvalue weighted by Gasteiger charge is 2.08. The van der Waals surface area contributed by atoms with Crippen LogP contribution in [0.5, 0.6) is 0 Å². The van der Waals surface area contributed by atoms with Gasteiger partial charge in [0, 0.05) is 29.3 Å². The third-order valence-electron chi connectivity index (χ3n) is 2.82. The summed E-state index contributed by atoms with van der Waals surface area (Å²) < 4.78 is 1.63. The van der Waals surface area contributed by atoms with Gasteiger partial charge in [-0.3, -0.25) is 14.3 Å². The summed E-state index contributed by atoms with van der Waals surface area (Å²) in [4.78, 5) is 21.6. The van der Waals surface area contributed by atoms with Gasteiger partial charge in [0.2, 0.25) is 5.16 Å². The molecule has 0 aliphatic rings. The number of H-pyrrole nitrogens is 1. The minimum absolute atomic E-state index is 0.0337. The average Bonchev–Trinajstić information content (AvgIpc) is 3.03. The van der Waals surface area contributed by atoms with Crippen molar-refractivity contribution < 1.29 is 0 Å². The largest absolute Gasteiger partial charge is 0.269 e. The summed E-state index contributed by atoms with van der Waals surface area (Å²) in [5, 5.41) is 9.60. The first kappa shape index (κ1) is 13.3. The number of nitrogens with zero attached hydrogens (tertiary/aromatic N) is 4. The minimum Gasteiger partial charge on any atom is -0.269 e. The van der Waals surface area contributed by atoms with Crippen molar-refractivity contribution in [1.29, 1.82) is 0 Å². The third-order valence-corrected chi connectivity index (χ3v) is 4.65. The van der Waals surface area contributed by atoms with Crippen LogP contribution in [-0.2, 0) is 12.2 Å². The molecule has 0 aliphatic carbocycles. The van der Waals surface area contributed by atoms with E-state index in [0.29, 0.717) is 10.9 Å². The van der Waals surface area contributed by atoms with Gasteiger partial charge in [-0.05, 0) is 6.92 Å². The molecule has 0 amide bonds. The standard InChI is InChI=1S/C12H13N5OS2/c1-3-9-14-11(16-15-9)19-6-8-4-10(18)17-7(2)5-20-12(17)13-8/h4-5H,3,6H2,1-2H3,(H,14,15,16). The van der Waals surface area contributed by atoms with Crippen molar-refractivity contribution >= 4 is 28.1 Å². The maximum atomic E-state index is 12.0. The van der Waals surface area contributed by atoms with Gasteiger partial charge in [-0.1, -0.05) is 18.7 Å². The molecule has 3 aromatic rings. The molecule has 6 nitrogen and oxygen atoms in total. The Bertz CT molecular complexity index is 804. The van der Waals surface area contributed by atoms with Gasteiger partial charge in [-0.2, -0.15) is 0 Å². The fraction of sp³-hybridized carbons (Fsp3) is 0.333. The van der Waals surface area contributed by atoms with Gasteiger partial charge >= 0.3 is 0 Å². The molecule has 8 heteroatoms. The number of hydrogen-bond donors (Lipinski definition) is 1. The Hall–Kier alpha value is -1.67. The van der Waals surface area contributed by atoms with Crippen molar-refractivity contribution in [3.63, 3.8) is 0 Å². The van der Waals surface area contributed by atoms with Crippen LogP contribution in [-0.4, -0.2) is 24.6 Å². The number of rotatable bonds is 4. The van der Waals surface area contributed by atoms with E-state index in [1.807, 2.05) is 19.2 Å².